The molecule has 0 aliphatic carbocycles. The van der Waals surface area contributed by atoms with E-state index in [1.165, 1.54) is 22.2 Å². The minimum absolute atomic E-state index is 0.516. The van der Waals surface area contributed by atoms with E-state index in [4.69, 9.17) is 0 Å². The van der Waals surface area contributed by atoms with Crippen LogP contribution in [0.15, 0.2) is 24.3 Å². The average molecular weight is 216 g/mol. The number of aryl methyl sites for hydroxylation is 1. The minimum Gasteiger partial charge on any atom is -0.342 e. The Hall–Kier alpha value is -1.28. The first-order valence-corrected chi connectivity index (χ1v) is 5.89. The molecule has 2 nitrogen and oxygen atoms in total. The summed E-state index contributed by atoms with van der Waals surface area (Å²) in [5, 5.41) is 4.60. The standard InChI is InChI=1S/C14H20N2/c1-10(2)16-11(3)8-13-12(9-15-4)6-5-7-14(13)16/h5-8,10,15H,9H2,1-4H3. The van der Waals surface area contributed by atoms with Crippen LogP contribution in [0.25, 0.3) is 10.9 Å². The lowest BCUT2D eigenvalue weighted by Gasteiger charge is -2.12. The maximum atomic E-state index is 3.22. The fourth-order valence-corrected chi connectivity index (χ4v) is 2.47. The van der Waals surface area contributed by atoms with Crippen molar-refractivity contribution in [2.24, 2.45) is 0 Å². The van der Waals surface area contributed by atoms with E-state index in [9.17, 15) is 0 Å². The number of nitrogens with zero attached hydrogens (tertiary/aromatic N) is 1. The fourth-order valence-electron chi connectivity index (χ4n) is 2.47. The van der Waals surface area contributed by atoms with Crippen LogP contribution in [0.1, 0.15) is 31.1 Å². The topological polar surface area (TPSA) is 17.0 Å². The van der Waals surface area contributed by atoms with Crippen molar-refractivity contribution in [2.45, 2.75) is 33.4 Å². The second kappa shape index (κ2) is 4.30. The zero-order valence-electron chi connectivity index (χ0n) is 10.5. The highest BCUT2D eigenvalue weighted by Gasteiger charge is 2.10. The van der Waals surface area contributed by atoms with Crippen molar-refractivity contribution in [3.05, 3.63) is 35.5 Å². The molecule has 0 saturated carbocycles. The molecule has 16 heavy (non-hydrogen) atoms. The summed E-state index contributed by atoms with van der Waals surface area (Å²) in [6, 6.07) is 9.36. The van der Waals surface area contributed by atoms with Crippen LogP contribution < -0.4 is 5.32 Å². The zero-order valence-corrected chi connectivity index (χ0v) is 10.5. The third-order valence-corrected chi connectivity index (χ3v) is 3.05. The van der Waals surface area contributed by atoms with Gasteiger partial charge in [-0.25, -0.2) is 0 Å². The molecular weight excluding hydrogens is 196 g/mol. The first-order chi connectivity index (χ1) is 7.65. The Morgan fingerprint density at radius 1 is 1.31 bits per heavy atom. The molecule has 0 aliphatic rings. The van der Waals surface area contributed by atoms with Gasteiger partial charge in [0.25, 0.3) is 0 Å². The van der Waals surface area contributed by atoms with E-state index in [1.807, 2.05) is 7.05 Å². The highest BCUT2D eigenvalue weighted by atomic mass is 15.0. The molecule has 0 aliphatic heterocycles. The number of nitrogens with one attached hydrogen (secondary N) is 1. The van der Waals surface area contributed by atoms with E-state index in [-0.39, 0.29) is 0 Å². The fraction of sp³-hybridized carbons (Fsp3) is 0.429. The SMILES string of the molecule is CNCc1cccc2c1cc(C)n2C(C)C. The normalized spacial score (nSPS) is 11.6. The van der Waals surface area contributed by atoms with Gasteiger partial charge in [-0.3, -0.25) is 0 Å². The molecule has 0 amide bonds. The van der Waals surface area contributed by atoms with E-state index in [0.29, 0.717) is 6.04 Å². The van der Waals surface area contributed by atoms with E-state index < -0.39 is 0 Å². The molecule has 0 bridgehead atoms. The van der Waals surface area contributed by atoms with Gasteiger partial charge in [0.2, 0.25) is 0 Å². The lowest BCUT2D eigenvalue weighted by atomic mass is 10.1. The average Bonchev–Trinajstić information content (AvgIpc) is 2.55. The third kappa shape index (κ3) is 1.74. The number of hydrogen-bond acceptors (Lipinski definition) is 1. The molecule has 0 spiro atoms. The van der Waals surface area contributed by atoms with Gasteiger partial charge in [0.05, 0.1) is 0 Å². The van der Waals surface area contributed by atoms with Gasteiger partial charge in [-0.2, -0.15) is 0 Å². The number of benzene rings is 1. The number of fused-ring (bicyclic) bond motifs is 1. The van der Waals surface area contributed by atoms with E-state index >= 15 is 0 Å². The first kappa shape index (κ1) is 11.2. The minimum atomic E-state index is 0.516. The monoisotopic (exact) mass is 216 g/mol. The van der Waals surface area contributed by atoms with Gasteiger partial charge in [0, 0.05) is 29.2 Å². The van der Waals surface area contributed by atoms with Gasteiger partial charge in [0.15, 0.2) is 0 Å². The Bertz CT molecular complexity index is 495. The van der Waals surface area contributed by atoms with Crippen LogP contribution in [0.2, 0.25) is 0 Å². The summed E-state index contributed by atoms with van der Waals surface area (Å²) < 4.78 is 2.40. The molecule has 2 heteroatoms. The van der Waals surface area contributed by atoms with Crippen molar-refractivity contribution < 1.29 is 0 Å². The lowest BCUT2D eigenvalue weighted by molar-refractivity contribution is 0.608. The van der Waals surface area contributed by atoms with Crippen molar-refractivity contribution in [1.82, 2.24) is 9.88 Å². The largest absolute Gasteiger partial charge is 0.342 e. The highest BCUT2D eigenvalue weighted by Crippen LogP contribution is 2.26. The van der Waals surface area contributed by atoms with E-state index in [1.54, 1.807) is 0 Å². The predicted octanol–water partition coefficient (Wildman–Crippen LogP) is 3.25. The molecular formula is C14H20N2. The van der Waals surface area contributed by atoms with Crippen LogP contribution >= 0.6 is 0 Å². The molecule has 1 N–H and O–H groups in total. The number of aromatic nitrogens is 1. The van der Waals surface area contributed by atoms with Crippen LogP contribution in [-0.2, 0) is 6.54 Å². The molecule has 1 aromatic carbocycles. The van der Waals surface area contributed by atoms with Crippen LogP contribution in [0, 0.1) is 6.92 Å². The Morgan fingerprint density at radius 2 is 2.06 bits per heavy atom. The van der Waals surface area contributed by atoms with Gasteiger partial charge < -0.3 is 9.88 Å². The molecule has 1 aromatic heterocycles. The first-order valence-electron chi connectivity index (χ1n) is 5.89. The van der Waals surface area contributed by atoms with E-state index in [2.05, 4.69) is 54.9 Å². The molecule has 0 unspecified atom stereocenters. The molecule has 2 aromatic rings. The molecule has 0 radical (unpaired) electrons. The van der Waals surface area contributed by atoms with Gasteiger partial charge in [-0.15, -0.1) is 0 Å². The van der Waals surface area contributed by atoms with E-state index in [0.717, 1.165) is 6.54 Å². The second-order valence-electron chi connectivity index (χ2n) is 4.63. The summed E-state index contributed by atoms with van der Waals surface area (Å²) in [5.74, 6) is 0. The number of rotatable bonds is 3. The molecule has 2 rings (SSSR count). The summed E-state index contributed by atoms with van der Waals surface area (Å²) in [7, 11) is 1.99. The summed E-state index contributed by atoms with van der Waals surface area (Å²) in [4.78, 5) is 0. The summed E-state index contributed by atoms with van der Waals surface area (Å²) in [6.07, 6.45) is 0. The zero-order chi connectivity index (χ0) is 11.7. The Kier molecular flexibility index (Phi) is 3.01. The maximum Gasteiger partial charge on any atom is 0.0488 e. The quantitative estimate of drug-likeness (QED) is 0.833. The van der Waals surface area contributed by atoms with Crippen molar-refractivity contribution >= 4 is 10.9 Å². The van der Waals surface area contributed by atoms with Crippen LogP contribution in [0.5, 0.6) is 0 Å². The molecule has 0 fully saturated rings. The highest BCUT2D eigenvalue weighted by molar-refractivity contribution is 5.85. The van der Waals surface area contributed by atoms with Gasteiger partial charge in [0.1, 0.15) is 0 Å². The predicted molar refractivity (Wildman–Crippen MR) is 69.8 cm³/mol. The van der Waals surface area contributed by atoms with Crippen LogP contribution in [0.3, 0.4) is 0 Å². The Labute approximate surface area is 97.3 Å². The summed E-state index contributed by atoms with van der Waals surface area (Å²) in [5.41, 5.74) is 4.07. The molecule has 0 atom stereocenters. The smallest absolute Gasteiger partial charge is 0.0488 e. The van der Waals surface area contributed by atoms with Crippen molar-refractivity contribution in [3.63, 3.8) is 0 Å². The third-order valence-electron chi connectivity index (χ3n) is 3.05. The lowest BCUT2D eigenvalue weighted by Crippen LogP contribution is -2.05. The van der Waals surface area contributed by atoms with Crippen molar-refractivity contribution in [1.29, 1.82) is 0 Å². The molecule has 1 heterocycles. The van der Waals surface area contributed by atoms with Crippen LogP contribution in [0.4, 0.5) is 0 Å². The summed E-state index contributed by atoms with van der Waals surface area (Å²) in [6.45, 7) is 7.58. The molecule has 86 valence electrons. The van der Waals surface area contributed by atoms with Crippen molar-refractivity contribution in [2.75, 3.05) is 7.05 Å². The molecule has 0 saturated heterocycles. The number of hydrogen-bond donors (Lipinski definition) is 1. The second-order valence-corrected chi connectivity index (χ2v) is 4.63. The van der Waals surface area contributed by atoms with Gasteiger partial charge >= 0.3 is 0 Å². The summed E-state index contributed by atoms with van der Waals surface area (Å²) >= 11 is 0. The maximum absolute atomic E-state index is 3.22. The van der Waals surface area contributed by atoms with Crippen LogP contribution in [-0.4, -0.2) is 11.6 Å². The van der Waals surface area contributed by atoms with Gasteiger partial charge in [-0.05, 0) is 45.5 Å². The Morgan fingerprint density at radius 3 is 2.69 bits per heavy atom. The Balaban J connectivity index is 2.67. The van der Waals surface area contributed by atoms with Crippen molar-refractivity contribution in [3.8, 4) is 0 Å². The van der Waals surface area contributed by atoms with Gasteiger partial charge in [-0.1, -0.05) is 12.1 Å².